The predicted molar refractivity (Wildman–Crippen MR) is 227 cm³/mol. The lowest BCUT2D eigenvalue weighted by molar-refractivity contribution is -0.870. The van der Waals surface area contributed by atoms with Gasteiger partial charge in [-0.3, -0.25) is 14.2 Å². The van der Waals surface area contributed by atoms with Crippen LogP contribution in [0.15, 0.2) is 0 Å². The normalized spacial score (nSPS) is 13.5. The summed E-state index contributed by atoms with van der Waals surface area (Å²) < 4.78 is 33.9. The molecule has 0 bridgehead atoms. The van der Waals surface area contributed by atoms with Crippen LogP contribution in [0.5, 0.6) is 0 Å². The number of ether oxygens (including phenoxy) is 2. The molecule has 55 heavy (non-hydrogen) atoms. The van der Waals surface area contributed by atoms with Crippen molar-refractivity contribution in [1.29, 1.82) is 0 Å². The highest BCUT2D eigenvalue weighted by molar-refractivity contribution is 7.45. The number of unbranched alkanes of at least 4 members (excludes halogenated alkanes) is 29. The number of phosphoric acid groups is 1. The van der Waals surface area contributed by atoms with Gasteiger partial charge in [-0.1, -0.05) is 200 Å². The minimum atomic E-state index is -4.61. The van der Waals surface area contributed by atoms with Crippen LogP contribution in [0.1, 0.15) is 226 Å². The molecule has 0 aliphatic rings. The van der Waals surface area contributed by atoms with Crippen LogP contribution in [-0.4, -0.2) is 70.0 Å². The van der Waals surface area contributed by atoms with Gasteiger partial charge >= 0.3 is 11.9 Å². The average Bonchev–Trinajstić information content (AvgIpc) is 3.13. The summed E-state index contributed by atoms with van der Waals surface area (Å²) in [5, 5.41) is 0. The zero-order chi connectivity index (χ0) is 40.7. The summed E-state index contributed by atoms with van der Waals surface area (Å²) in [7, 11) is 1.18. The Morgan fingerprint density at radius 3 is 1.16 bits per heavy atom. The molecule has 10 heteroatoms. The lowest BCUT2D eigenvalue weighted by Gasteiger charge is -2.28. The van der Waals surface area contributed by atoms with Crippen molar-refractivity contribution in [3.05, 3.63) is 0 Å². The fourth-order valence-corrected chi connectivity index (χ4v) is 7.44. The van der Waals surface area contributed by atoms with Crippen LogP contribution < -0.4 is 4.89 Å². The van der Waals surface area contributed by atoms with Crippen LogP contribution >= 0.6 is 7.82 Å². The molecule has 1 unspecified atom stereocenters. The van der Waals surface area contributed by atoms with Gasteiger partial charge in [0.05, 0.1) is 27.7 Å². The lowest BCUT2D eigenvalue weighted by Crippen LogP contribution is -2.37. The molecule has 0 fully saturated rings. The number of hydrogen-bond donors (Lipinski definition) is 0. The number of likely N-dealkylation sites (N-methyl/N-ethyl adjacent to an activating group) is 1. The average molecular weight is 804 g/mol. The molecule has 0 aliphatic heterocycles. The molecule has 0 saturated carbocycles. The summed E-state index contributed by atoms with van der Waals surface area (Å²) in [5.74, 6) is -0.823. The molecule has 0 aliphatic carbocycles. The van der Waals surface area contributed by atoms with E-state index in [1.165, 1.54) is 161 Å². The van der Waals surface area contributed by atoms with Crippen molar-refractivity contribution in [3.63, 3.8) is 0 Å². The van der Waals surface area contributed by atoms with Crippen molar-refractivity contribution in [3.8, 4) is 0 Å². The Labute approximate surface area is 340 Å². The summed E-state index contributed by atoms with van der Waals surface area (Å²) in [5.41, 5.74) is 0. The van der Waals surface area contributed by atoms with E-state index in [4.69, 9.17) is 18.5 Å². The van der Waals surface area contributed by atoms with Gasteiger partial charge in [0.15, 0.2) is 6.10 Å². The van der Waals surface area contributed by atoms with E-state index in [2.05, 4.69) is 13.8 Å². The fraction of sp³-hybridized carbons (Fsp3) is 0.956. The van der Waals surface area contributed by atoms with E-state index in [1.54, 1.807) is 0 Å². The highest BCUT2D eigenvalue weighted by Crippen LogP contribution is 2.38. The second-order valence-electron chi connectivity index (χ2n) is 17.1. The van der Waals surface area contributed by atoms with Gasteiger partial charge in [-0.15, -0.1) is 0 Å². The zero-order valence-electron chi connectivity index (χ0n) is 36.9. The third-order valence-electron chi connectivity index (χ3n) is 10.4. The molecule has 0 heterocycles. The van der Waals surface area contributed by atoms with E-state index in [0.29, 0.717) is 17.4 Å². The summed E-state index contributed by atoms with van der Waals surface area (Å²) >= 11 is 0. The molecule has 0 N–H and O–H groups in total. The summed E-state index contributed by atoms with van der Waals surface area (Å²) in [6, 6.07) is 0. The van der Waals surface area contributed by atoms with Gasteiger partial charge in [0, 0.05) is 12.8 Å². The number of nitrogens with zero attached hydrogens (tertiary/aromatic N) is 1. The Kier molecular flexibility index (Phi) is 37.8. The molecule has 0 aromatic carbocycles. The van der Waals surface area contributed by atoms with Gasteiger partial charge in [-0.2, -0.15) is 0 Å². The van der Waals surface area contributed by atoms with Gasteiger partial charge in [-0.05, 0) is 12.8 Å². The van der Waals surface area contributed by atoms with Crippen molar-refractivity contribution < 1.29 is 42.1 Å². The maximum atomic E-state index is 12.7. The van der Waals surface area contributed by atoms with E-state index < -0.39 is 26.5 Å². The number of phosphoric ester groups is 1. The molecule has 0 aromatic heterocycles. The first-order chi connectivity index (χ1) is 26.5. The minimum absolute atomic E-state index is 0.0258. The highest BCUT2D eigenvalue weighted by Gasteiger charge is 2.21. The number of esters is 2. The Balaban J connectivity index is 4.15. The van der Waals surface area contributed by atoms with E-state index in [0.717, 1.165) is 32.1 Å². The van der Waals surface area contributed by atoms with Crippen LogP contribution in [0.4, 0.5) is 0 Å². The maximum absolute atomic E-state index is 12.7. The molecule has 0 aromatic rings. The molecule has 0 radical (unpaired) electrons. The minimum Gasteiger partial charge on any atom is -0.756 e. The maximum Gasteiger partial charge on any atom is 0.306 e. The quantitative estimate of drug-likeness (QED) is 0.0259. The summed E-state index contributed by atoms with van der Waals surface area (Å²) in [6.45, 7) is 4.24. The van der Waals surface area contributed by atoms with Gasteiger partial charge < -0.3 is 27.9 Å². The first kappa shape index (κ1) is 54.0. The Hall–Kier alpha value is -0.990. The monoisotopic (exact) mass is 804 g/mol. The molecular weight excluding hydrogens is 713 g/mol. The number of rotatable bonds is 43. The summed E-state index contributed by atoms with van der Waals surface area (Å²) in [6.07, 6.45) is 38.6. The van der Waals surface area contributed by atoms with E-state index in [1.807, 2.05) is 21.1 Å². The van der Waals surface area contributed by atoms with E-state index >= 15 is 0 Å². The third-order valence-corrected chi connectivity index (χ3v) is 11.3. The first-order valence-electron chi connectivity index (χ1n) is 23.2. The van der Waals surface area contributed by atoms with Crippen LogP contribution in [0.3, 0.4) is 0 Å². The highest BCUT2D eigenvalue weighted by atomic mass is 31.2. The third kappa shape index (κ3) is 42.4. The van der Waals surface area contributed by atoms with E-state index in [-0.39, 0.29) is 32.0 Å². The zero-order valence-corrected chi connectivity index (χ0v) is 37.8. The molecule has 9 nitrogen and oxygen atoms in total. The van der Waals surface area contributed by atoms with Crippen molar-refractivity contribution in [2.75, 3.05) is 47.5 Å². The van der Waals surface area contributed by atoms with Gasteiger partial charge in [0.1, 0.15) is 19.8 Å². The summed E-state index contributed by atoms with van der Waals surface area (Å²) in [4.78, 5) is 37.4. The smallest absolute Gasteiger partial charge is 0.306 e. The van der Waals surface area contributed by atoms with Gasteiger partial charge in [0.25, 0.3) is 7.82 Å². The van der Waals surface area contributed by atoms with Crippen molar-refractivity contribution >= 4 is 19.8 Å². The van der Waals surface area contributed by atoms with Gasteiger partial charge in [-0.25, -0.2) is 0 Å². The molecule has 328 valence electrons. The van der Waals surface area contributed by atoms with Crippen LogP contribution in [0, 0.1) is 0 Å². The second-order valence-corrected chi connectivity index (χ2v) is 18.5. The van der Waals surface area contributed by atoms with Crippen molar-refractivity contribution in [1.82, 2.24) is 0 Å². The number of carbonyl (C=O) groups is 2. The van der Waals surface area contributed by atoms with Crippen molar-refractivity contribution in [2.24, 2.45) is 0 Å². The first-order valence-corrected chi connectivity index (χ1v) is 24.7. The number of quaternary nitrogens is 1. The van der Waals surface area contributed by atoms with Gasteiger partial charge in [0.2, 0.25) is 0 Å². The molecule has 2 atom stereocenters. The predicted octanol–water partition coefficient (Wildman–Crippen LogP) is 12.6. The molecule has 0 spiro atoms. The fourth-order valence-electron chi connectivity index (χ4n) is 6.72. The standard InChI is InChI=1S/C45H90NO8P/c1-6-8-10-12-14-16-17-18-19-20-21-22-23-24-25-26-27-28-30-32-34-36-38-45(48)54-43(42-53-55(49,50)52-40-39-46(3,4)5)41-51-44(47)37-35-33-31-29-15-13-11-9-7-2/h43H,6-42H2,1-5H3/t43-/m1/s1. The Morgan fingerprint density at radius 1 is 0.491 bits per heavy atom. The molecule has 0 rings (SSSR count). The second kappa shape index (κ2) is 38.5. The van der Waals surface area contributed by atoms with Crippen LogP contribution in [-0.2, 0) is 32.7 Å². The number of hydrogen-bond acceptors (Lipinski definition) is 8. The topological polar surface area (TPSA) is 111 Å². The Bertz CT molecular complexity index is 912. The number of carbonyl (C=O) groups excluding carboxylic acids is 2. The van der Waals surface area contributed by atoms with E-state index in [9.17, 15) is 19.0 Å². The van der Waals surface area contributed by atoms with Crippen LogP contribution in [0.25, 0.3) is 0 Å². The molecule has 0 amide bonds. The SMILES string of the molecule is CCCCCCCCCCCCCCCCCCCCCCCCC(=O)O[C@H](COC(=O)CCCCCCCCCCC)COP(=O)([O-])OCC[N+](C)(C)C. The Morgan fingerprint density at radius 2 is 0.818 bits per heavy atom. The molecule has 0 saturated heterocycles. The lowest BCUT2D eigenvalue weighted by atomic mass is 10.0. The van der Waals surface area contributed by atoms with Crippen LogP contribution in [0.2, 0.25) is 0 Å². The molecular formula is C45H90NO8P. The van der Waals surface area contributed by atoms with Crippen molar-refractivity contribution in [2.45, 2.75) is 232 Å². The largest absolute Gasteiger partial charge is 0.756 e.